The predicted molar refractivity (Wildman–Crippen MR) is 177 cm³/mol. The van der Waals surface area contributed by atoms with Gasteiger partial charge in [-0.2, -0.15) is 0 Å². The Morgan fingerprint density at radius 1 is 0.927 bits per heavy atom. The maximum atomic E-state index is 9.98. The highest BCUT2D eigenvalue weighted by atomic mass is 16.3. The standard InChI is InChI=1S/C16H26N2O2.C7H9N.C5H12.C3H9N.2CH2O/c1-4-8-15(11-19)18-16(20)17-13(3)12(2)14-9-6-5-7-10-14;1-6-2-4-7(8)5-3-6;1-4-5(2)3;1-3-4-2;2*1-2/h5-7,9-10,15-20H,4,8,11H2,1-3H3;2-5H,8H2,1H3;5H,4H2,1-3H3;4H,3H2,1-2H3;2*1H2/b13-12+;;;;;/t15-,16?;;;;;/m0...../s1. The number of benzene rings is 2. The van der Waals surface area contributed by atoms with Crippen LogP contribution in [0.15, 0.2) is 60.3 Å². The van der Waals surface area contributed by atoms with Gasteiger partial charge < -0.3 is 36.2 Å². The number of hydrogen-bond acceptors (Lipinski definition) is 8. The average Bonchev–Trinajstić information content (AvgIpc) is 3.01. The van der Waals surface area contributed by atoms with Crippen LogP contribution in [0.25, 0.3) is 5.57 Å². The van der Waals surface area contributed by atoms with Crippen LogP contribution in [-0.2, 0) is 9.59 Å². The predicted octanol–water partition coefficient (Wildman–Crippen LogP) is 5.54. The summed E-state index contributed by atoms with van der Waals surface area (Å²) in [6.07, 6.45) is 2.23. The minimum absolute atomic E-state index is 0.0208. The van der Waals surface area contributed by atoms with Crippen LogP contribution in [0.1, 0.15) is 78.9 Å². The third-order valence-corrected chi connectivity index (χ3v) is 5.62. The largest absolute Gasteiger partial charge is 0.399 e. The monoisotopic (exact) mass is 576 g/mol. The van der Waals surface area contributed by atoms with Gasteiger partial charge in [-0.25, -0.2) is 0 Å². The van der Waals surface area contributed by atoms with Crippen LogP contribution in [-0.4, -0.2) is 56.4 Å². The first-order valence-corrected chi connectivity index (χ1v) is 14.1. The summed E-state index contributed by atoms with van der Waals surface area (Å²) in [4.78, 5) is 16.0. The van der Waals surface area contributed by atoms with E-state index in [-0.39, 0.29) is 12.6 Å². The van der Waals surface area contributed by atoms with Crippen LogP contribution in [0.4, 0.5) is 5.69 Å². The van der Waals surface area contributed by atoms with E-state index in [0.717, 1.165) is 47.8 Å². The number of allylic oxidation sites excluding steroid dienone is 2. The lowest BCUT2D eigenvalue weighted by molar-refractivity contribution is -0.0987. The van der Waals surface area contributed by atoms with E-state index in [2.05, 4.69) is 50.6 Å². The number of nitrogens with two attached hydrogens (primary N) is 1. The zero-order valence-electron chi connectivity index (χ0n) is 27.2. The average molecular weight is 577 g/mol. The van der Waals surface area contributed by atoms with E-state index in [1.807, 2.05) is 96.0 Å². The van der Waals surface area contributed by atoms with Crippen LogP contribution in [0.3, 0.4) is 0 Å². The zero-order valence-corrected chi connectivity index (χ0v) is 27.2. The summed E-state index contributed by atoms with van der Waals surface area (Å²) < 4.78 is 0. The molecule has 0 aliphatic carbocycles. The van der Waals surface area contributed by atoms with Crippen LogP contribution >= 0.6 is 0 Å². The summed E-state index contributed by atoms with van der Waals surface area (Å²) in [6.45, 7) is 21.8. The van der Waals surface area contributed by atoms with E-state index < -0.39 is 6.35 Å². The Balaban J connectivity index is -0.000000266. The Bertz CT molecular complexity index is 806. The third-order valence-electron chi connectivity index (χ3n) is 5.62. The molecule has 8 nitrogen and oxygen atoms in total. The van der Waals surface area contributed by atoms with Crippen LogP contribution < -0.4 is 21.7 Å². The normalized spacial score (nSPS) is 11.4. The quantitative estimate of drug-likeness (QED) is 0.160. The summed E-state index contributed by atoms with van der Waals surface area (Å²) in [5, 5.41) is 28.1. The van der Waals surface area contributed by atoms with Gasteiger partial charge in [-0.15, -0.1) is 0 Å². The van der Waals surface area contributed by atoms with Crippen molar-refractivity contribution in [2.45, 2.75) is 87.0 Å². The first-order chi connectivity index (χ1) is 19.6. The van der Waals surface area contributed by atoms with Gasteiger partial charge in [0.1, 0.15) is 13.6 Å². The lowest BCUT2D eigenvalue weighted by Gasteiger charge is -2.23. The highest BCUT2D eigenvalue weighted by molar-refractivity contribution is 5.65. The number of aryl methyl sites for hydroxylation is 1. The number of carbonyl (C=O) groups is 2. The number of aliphatic hydroxyl groups excluding tert-OH is 2. The summed E-state index contributed by atoms with van der Waals surface area (Å²) in [7, 11) is 1.93. The Morgan fingerprint density at radius 3 is 1.73 bits per heavy atom. The molecular weight excluding hydrogens is 516 g/mol. The Kier molecular flexibility index (Phi) is 36.4. The molecule has 2 rings (SSSR count). The fraction of sp³-hybridized carbons (Fsp3) is 0.515. The molecule has 8 heteroatoms. The maximum absolute atomic E-state index is 9.98. The number of carbonyl (C=O) groups excluding carboxylic acids is 2. The van der Waals surface area contributed by atoms with Gasteiger partial charge in [0.25, 0.3) is 0 Å². The molecule has 2 aromatic rings. The van der Waals surface area contributed by atoms with Gasteiger partial charge in [-0.3, -0.25) is 5.32 Å². The lowest BCUT2D eigenvalue weighted by Crippen LogP contribution is -2.48. The second-order valence-corrected chi connectivity index (χ2v) is 9.42. The molecule has 0 aromatic heterocycles. The molecule has 0 saturated heterocycles. The van der Waals surface area contributed by atoms with Crippen molar-refractivity contribution in [2.75, 3.05) is 25.9 Å². The summed E-state index contributed by atoms with van der Waals surface area (Å²) in [5.41, 5.74) is 10.6. The molecule has 0 bridgehead atoms. The van der Waals surface area contributed by atoms with Crippen molar-refractivity contribution < 1.29 is 19.8 Å². The zero-order chi connectivity index (χ0) is 32.6. The number of anilines is 1. The minimum atomic E-state index is -0.864. The highest BCUT2D eigenvalue weighted by Gasteiger charge is 2.12. The van der Waals surface area contributed by atoms with E-state index in [9.17, 15) is 10.2 Å². The van der Waals surface area contributed by atoms with Crippen molar-refractivity contribution >= 4 is 24.8 Å². The molecular formula is C33H60N4O4. The molecule has 0 aliphatic rings. The number of hydrogen-bond donors (Lipinski definition) is 6. The smallest absolute Gasteiger partial charge is 0.181 e. The first-order valence-electron chi connectivity index (χ1n) is 14.1. The topological polar surface area (TPSA) is 137 Å². The second-order valence-electron chi connectivity index (χ2n) is 9.42. The molecule has 1 unspecified atom stereocenters. The van der Waals surface area contributed by atoms with Crippen LogP contribution in [0.2, 0.25) is 0 Å². The van der Waals surface area contributed by atoms with Crippen molar-refractivity contribution in [3.05, 3.63) is 71.4 Å². The van der Waals surface area contributed by atoms with Crippen molar-refractivity contribution in [3.63, 3.8) is 0 Å². The molecule has 2 atom stereocenters. The molecule has 7 N–H and O–H groups in total. The van der Waals surface area contributed by atoms with Gasteiger partial charge in [0.05, 0.1) is 6.61 Å². The van der Waals surface area contributed by atoms with Gasteiger partial charge in [0, 0.05) is 17.4 Å². The number of nitrogens with one attached hydrogen (secondary N) is 3. The number of aliphatic hydroxyl groups is 2. The van der Waals surface area contributed by atoms with Crippen molar-refractivity contribution in [2.24, 2.45) is 5.92 Å². The van der Waals surface area contributed by atoms with E-state index in [0.29, 0.717) is 0 Å². The summed E-state index contributed by atoms with van der Waals surface area (Å²) >= 11 is 0. The van der Waals surface area contributed by atoms with Crippen LogP contribution in [0.5, 0.6) is 0 Å². The molecule has 0 spiro atoms. The Labute approximate surface area is 250 Å². The molecule has 2 aromatic carbocycles. The first kappa shape index (κ1) is 45.0. The molecule has 41 heavy (non-hydrogen) atoms. The fourth-order valence-corrected chi connectivity index (χ4v) is 2.63. The molecule has 236 valence electrons. The Morgan fingerprint density at radius 2 is 1.39 bits per heavy atom. The number of nitrogen functional groups attached to an aromatic ring is 1. The van der Waals surface area contributed by atoms with E-state index in [1.54, 1.807) is 0 Å². The maximum Gasteiger partial charge on any atom is 0.181 e. The summed E-state index contributed by atoms with van der Waals surface area (Å²) in [5.74, 6) is 0.884. The highest BCUT2D eigenvalue weighted by Crippen LogP contribution is 2.16. The minimum Gasteiger partial charge on any atom is -0.399 e. The molecule has 0 radical (unpaired) electrons. The van der Waals surface area contributed by atoms with E-state index >= 15 is 0 Å². The molecule has 0 aliphatic heterocycles. The van der Waals surface area contributed by atoms with Crippen molar-refractivity contribution in [1.82, 2.24) is 16.0 Å². The fourth-order valence-electron chi connectivity index (χ4n) is 2.63. The van der Waals surface area contributed by atoms with Gasteiger partial charge >= 0.3 is 0 Å². The number of rotatable bonds is 10. The van der Waals surface area contributed by atoms with Gasteiger partial charge in [0.15, 0.2) is 6.35 Å². The molecule has 0 amide bonds. The Hall–Kier alpha value is -3.04. The van der Waals surface area contributed by atoms with Gasteiger partial charge in [0.2, 0.25) is 0 Å². The lowest BCUT2D eigenvalue weighted by atomic mass is 10.1. The molecule has 0 saturated carbocycles. The van der Waals surface area contributed by atoms with Crippen LogP contribution in [0, 0.1) is 12.8 Å². The second kappa shape index (κ2) is 33.2. The molecule has 0 fully saturated rings. The van der Waals surface area contributed by atoms with Crippen molar-refractivity contribution in [1.29, 1.82) is 0 Å². The van der Waals surface area contributed by atoms with E-state index in [4.69, 9.17) is 15.3 Å². The van der Waals surface area contributed by atoms with Crippen molar-refractivity contribution in [3.8, 4) is 0 Å². The van der Waals surface area contributed by atoms with Gasteiger partial charge in [-0.1, -0.05) is 95.5 Å². The molecule has 0 heterocycles. The third kappa shape index (κ3) is 29.8. The van der Waals surface area contributed by atoms with E-state index in [1.165, 1.54) is 12.0 Å². The SMILES string of the molecule is C=O.C=O.CCC(C)C.CCC[C@@H](CO)NC(O)N/C(C)=C(\C)c1ccccc1.CCNC.Cc1ccc(N)cc1. The summed E-state index contributed by atoms with van der Waals surface area (Å²) in [6, 6.07) is 17.7. The van der Waals surface area contributed by atoms with Gasteiger partial charge in [-0.05, 0) is 70.0 Å².